The zero-order valence-electron chi connectivity index (χ0n) is 29.4. The van der Waals surface area contributed by atoms with Crippen LogP contribution in [0.5, 0.6) is 5.75 Å². The second kappa shape index (κ2) is 16.4. The molecule has 1 saturated heterocycles. The number of aliphatic imine (C=N–C) groups is 1. The van der Waals surface area contributed by atoms with Crippen LogP contribution < -0.4 is 10.1 Å². The van der Waals surface area contributed by atoms with E-state index in [0.29, 0.717) is 73.0 Å². The fourth-order valence-electron chi connectivity index (χ4n) is 6.67. The number of piperazine rings is 1. The number of nitrogens with zero attached hydrogens (tertiary/aromatic N) is 5. The van der Waals surface area contributed by atoms with E-state index >= 15 is 0 Å². The minimum absolute atomic E-state index is 0.0332. The van der Waals surface area contributed by atoms with Crippen LogP contribution in [0.1, 0.15) is 56.8 Å². The lowest BCUT2D eigenvalue weighted by molar-refractivity contribution is -0.123. The van der Waals surface area contributed by atoms with Gasteiger partial charge in [-0.25, -0.2) is 4.79 Å². The Morgan fingerprint density at radius 1 is 1.12 bits per heavy atom. The SMILES string of the molecule is CCOc1cc(C(C)(C)C#N)ccc1C1=N[C@@H](C2C=CC(Cl)=CC2)[C@@H](c2ccc(Cl)cc2)N1C(=O)N1CCN(CC(=O)NC(C)COC)CC1. The fourth-order valence-corrected chi connectivity index (χ4v) is 6.96. The first-order valence-electron chi connectivity index (χ1n) is 17.1. The Balaban J connectivity index is 1.52. The zero-order chi connectivity index (χ0) is 36.0. The molecule has 3 amide bonds. The zero-order valence-corrected chi connectivity index (χ0v) is 30.9. The number of rotatable bonds is 11. The highest BCUT2D eigenvalue weighted by molar-refractivity contribution is 6.31. The number of ether oxygens (including phenoxy) is 2. The fraction of sp³-hybridized carbons (Fsp3) is 0.474. The summed E-state index contributed by atoms with van der Waals surface area (Å²) in [6, 6.07) is 14.6. The third-order valence-corrected chi connectivity index (χ3v) is 9.94. The number of carbonyl (C=O) groups is 2. The van der Waals surface area contributed by atoms with Crippen LogP contribution in [0.2, 0.25) is 5.02 Å². The maximum Gasteiger partial charge on any atom is 0.326 e. The molecule has 3 aliphatic rings. The van der Waals surface area contributed by atoms with Gasteiger partial charge in [0.05, 0.1) is 48.9 Å². The van der Waals surface area contributed by atoms with Gasteiger partial charge in [-0.3, -0.25) is 19.6 Å². The molecular formula is C38H46Cl2N6O4. The molecule has 5 rings (SSSR count). The van der Waals surface area contributed by atoms with Crippen molar-refractivity contribution in [3.05, 3.63) is 87.4 Å². The lowest BCUT2D eigenvalue weighted by atomic mass is 9.85. The molecule has 2 heterocycles. The van der Waals surface area contributed by atoms with Crippen molar-refractivity contribution in [2.75, 3.05) is 53.0 Å². The van der Waals surface area contributed by atoms with E-state index < -0.39 is 11.5 Å². The summed E-state index contributed by atoms with van der Waals surface area (Å²) in [6.07, 6.45) is 6.62. The van der Waals surface area contributed by atoms with E-state index in [4.69, 9.17) is 37.7 Å². The first-order valence-corrected chi connectivity index (χ1v) is 17.9. The number of halogens is 2. The number of urea groups is 1. The second-order valence-corrected chi connectivity index (χ2v) is 14.4. The highest BCUT2D eigenvalue weighted by Gasteiger charge is 2.46. The maximum absolute atomic E-state index is 14.9. The number of nitriles is 1. The van der Waals surface area contributed by atoms with Gasteiger partial charge in [0.15, 0.2) is 0 Å². The monoisotopic (exact) mass is 720 g/mol. The van der Waals surface area contributed by atoms with Gasteiger partial charge in [0.1, 0.15) is 11.6 Å². The molecule has 10 nitrogen and oxygen atoms in total. The summed E-state index contributed by atoms with van der Waals surface area (Å²) in [6.45, 7) is 10.6. The third-order valence-electron chi connectivity index (χ3n) is 9.40. The number of allylic oxidation sites excluding steroid dienone is 3. The van der Waals surface area contributed by atoms with Crippen molar-refractivity contribution in [1.29, 1.82) is 5.26 Å². The molecule has 1 fully saturated rings. The van der Waals surface area contributed by atoms with Gasteiger partial charge in [-0.05, 0) is 75.6 Å². The quantitative estimate of drug-likeness (QED) is 0.292. The maximum atomic E-state index is 14.9. The standard InChI is InChI=1S/C38H46Cl2N6O4/c1-6-50-32-21-28(38(3,4)24-41)11-16-31(32)36-43-34(26-7-12-29(39)13-8-26)35(27-9-14-30(40)15-10-27)46(36)37(48)45-19-17-44(18-20-45)22-33(47)42-25(2)23-49-5/h7,9-16,21,25-26,34-35H,6,8,17-20,22-23H2,1-5H3,(H,42,47)/t25?,26?,34-,35+/m0/s1. The molecule has 4 atom stereocenters. The van der Waals surface area contributed by atoms with Gasteiger partial charge >= 0.3 is 6.03 Å². The predicted molar refractivity (Wildman–Crippen MR) is 197 cm³/mol. The van der Waals surface area contributed by atoms with Gasteiger partial charge in [-0.2, -0.15) is 5.26 Å². The second-order valence-electron chi connectivity index (χ2n) is 13.5. The summed E-state index contributed by atoms with van der Waals surface area (Å²) in [5.74, 6) is 0.956. The van der Waals surface area contributed by atoms with Crippen LogP contribution in [-0.4, -0.2) is 97.6 Å². The molecule has 0 spiro atoms. The van der Waals surface area contributed by atoms with Crippen LogP contribution in [0, 0.1) is 17.2 Å². The molecule has 2 unspecified atom stereocenters. The Kier molecular flexibility index (Phi) is 12.3. The van der Waals surface area contributed by atoms with Crippen molar-refractivity contribution in [1.82, 2.24) is 20.0 Å². The smallest absolute Gasteiger partial charge is 0.326 e. The number of hydrogen-bond donors (Lipinski definition) is 1. The Morgan fingerprint density at radius 3 is 2.46 bits per heavy atom. The molecule has 0 bridgehead atoms. The average Bonchev–Trinajstić information content (AvgIpc) is 3.49. The average molecular weight is 722 g/mol. The minimum Gasteiger partial charge on any atom is -0.493 e. The molecule has 0 radical (unpaired) electrons. The van der Waals surface area contributed by atoms with Crippen molar-refractivity contribution < 1.29 is 19.1 Å². The van der Waals surface area contributed by atoms with E-state index in [9.17, 15) is 14.9 Å². The number of methoxy groups -OCH3 is 1. The number of amides is 3. The Bertz CT molecular complexity index is 1680. The summed E-state index contributed by atoms with van der Waals surface area (Å²) < 4.78 is 11.3. The van der Waals surface area contributed by atoms with Gasteiger partial charge < -0.3 is 19.7 Å². The lowest BCUT2D eigenvalue weighted by Gasteiger charge is -2.39. The van der Waals surface area contributed by atoms with Gasteiger partial charge in [-0.15, -0.1) is 0 Å². The van der Waals surface area contributed by atoms with Crippen molar-refractivity contribution in [2.45, 2.75) is 57.7 Å². The van der Waals surface area contributed by atoms with Crippen LogP contribution in [-0.2, 0) is 14.9 Å². The molecule has 0 aromatic heterocycles. The number of nitrogens with one attached hydrogen (secondary N) is 1. The van der Waals surface area contributed by atoms with Crippen LogP contribution >= 0.6 is 23.2 Å². The molecule has 2 aliphatic heterocycles. The summed E-state index contributed by atoms with van der Waals surface area (Å²) in [5.41, 5.74) is 1.64. The Morgan fingerprint density at radius 2 is 1.84 bits per heavy atom. The normalized spacial score (nSPS) is 21.7. The highest BCUT2D eigenvalue weighted by atomic mass is 35.5. The van der Waals surface area contributed by atoms with Crippen molar-refractivity contribution in [3.8, 4) is 11.8 Å². The number of hydrogen-bond acceptors (Lipinski definition) is 7. The number of amidine groups is 1. The molecule has 2 aromatic carbocycles. The lowest BCUT2D eigenvalue weighted by Crippen LogP contribution is -2.56. The summed E-state index contributed by atoms with van der Waals surface area (Å²) in [5, 5.41) is 14.1. The van der Waals surface area contributed by atoms with Gasteiger partial charge in [0, 0.05) is 55.3 Å². The van der Waals surface area contributed by atoms with Crippen LogP contribution in [0.3, 0.4) is 0 Å². The molecule has 0 saturated carbocycles. The van der Waals surface area contributed by atoms with Crippen molar-refractivity contribution in [3.63, 3.8) is 0 Å². The van der Waals surface area contributed by atoms with E-state index in [1.807, 2.05) is 92.1 Å². The van der Waals surface area contributed by atoms with E-state index in [-0.39, 0.29) is 36.5 Å². The summed E-state index contributed by atoms with van der Waals surface area (Å²) in [7, 11) is 1.61. The third kappa shape index (κ3) is 8.52. The Hall–Kier alpha value is -3.88. The van der Waals surface area contributed by atoms with E-state index in [0.717, 1.165) is 11.1 Å². The predicted octanol–water partition coefficient (Wildman–Crippen LogP) is 6.30. The Labute approximate surface area is 305 Å². The number of carbonyl (C=O) groups excluding carboxylic acids is 2. The van der Waals surface area contributed by atoms with Crippen LogP contribution in [0.25, 0.3) is 0 Å². The molecule has 12 heteroatoms. The van der Waals surface area contributed by atoms with Crippen molar-refractivity contribution >= 4 is 41.0 Å². The molecule has 1 aliphatic carbocycles. The van der Waals surface area contributed by atoms with Crippen LogP contribution in [0.15, 0.2) is 70.7 Å². The largest absolute Gasteiger partial charge is 0.493 e. The molecule has 2 aromatic rings. The van der Waals surface area contributed by atoms with E-state index in [1.54, 1.807) is 7.11 Å². The van der Waals surface area contributed by atoms with Gasteiger partial charge in [0.2, 0.25) is 5.91 Å². The summed E-state index contributed by atoms with van der Waals surface area (Å²) in [4.78, 5) is 38.6. The highest BCUT2D eigenvalue weighted by Crippen LogP contribution is 2.43. The molecule has 1 N–H and O–H groups in total. The van der Waals surface area contributed by atoms with Crippen LogP contribution in [0.4, 0.5) is 4.79 Å². The van der Waals surface area contributed by atoms with E-state index in [1.165, 1.54) is 0 Å². The number of benzene rings is 2. The topological polar surface area (TPSA) is 110 Å². The molecular weight excluding hydrogens is 675 g/mol. The summed E-state index contributed by atoms with van der Waals surface area (Å²) >= 11 is 12.7. The van der Waals surface area contributed by atoms with E-state index in [2.05, 4.69) is 22.4 Å². The van der Waals surface area contributed by atoms with Gasteiger partial charge in [-0.1, -0.05) is 53.6 Å². The van der Waals surface area contributed by atoms with Crippen molar-refractivity contribution in [2.24, 2.45) is 10.9 Å². The molecule has 50 heavy (non-hydrogen) atoms. The first-order chi connectivity index (χ1) is 23.9. The molecule has 266 valence electrons. The first kappa shape index (κ1) is 37.4. The van der Waals surface area contributed by atoms with Gasteiger partial charge in [0.25, 0.3) is 0 Å². The minimum atomic E-state index is -0.747.